The van der Waals surface area contributed by atoms with Crippen molar-refractivity contribution in [1.29, 1.82) is 0 Å². The molecule has 4 aromatic rings. The van der Waals surface area contributed by atoms with Crippen LogP contribution in [0.15, 0.2) is 154 Å². The highest BCUT2D eigenvalue weighted by Crippen LogP contribution is 2.25. The second-order valence-corrected chi connectivity index (χ2v) is 10.4. The van der Waals surface area contributed by atoms with Crippen LogP contribution in [-0.4, -0.2) is 105 Å². The van der Waals surface area contributed by atoms with Crippen molar-refractivity contribution in [1.82, 2.24) is 0 Å². The van der Waals surface area contributed by atoms with Crippen LogP contribution in [0.25, 0.3) is 0 Å². The molecule has 0 aliphatic heterocycles. The summed E-state index contributed by atoms with van der Waals surface area (Å²) in [6, 6.07) is -1.07. The average Bonchev–Trinajstić information content (AvgIpc) is 0.662. The Bertz CT molecular complexity index is 3120. The Labute approximate surface area is 505 Å². The number of aromatic hydroxyl groups is 3. The van der Waals surface area contributed by atoms with Gasteiger partial charge in [-0.2, -0.15) is 0 Å². The van der Waals surface area contributed by atoms with Gasteiger partial charge in [-0.05, 0) is 117 Å². The van der Waals surface area contributed by atoms with Gasteiger partial charge in [0, 0.05) is 60.4 Å². The zero-order valence-corrected chi connectivity index (χ0v) is 45.9. The van der Waals surface area contributed by atoms with E-state index in [1.807, 2.05) is 27.7 Å². The van der Waals surface area contributed by atoms with Crippen LogP contribution in [0.4, 0.5) is 0 Å². The maximum Gasteiger partial charge on any atom is 0.167 e. The fourth-order valence-corrected chi connectivity index (χ4v) is 3.11. The van der Waals surface area contributed by atoms with E-state index < -0.39 is 119 Å². The normalized spacial score (nSPS) is 16.1. The summed E-state index contributed by atoms with van der Waals surface area (Å²) in [5.41, 5.74) is 0. The number of phenols is 3. The van der Waals surface area contributed by atoms with Gasteiger partial charge >= 0.3 is 0 Å². The topological polar surface area (TPSA) is 173 Å². The van der Waals surface area contributed by atoms with Crippen LogP contribution in [0.3, 0.4) is 0 Å². The van der Waals surface area contributed by atoms with E-state index in [4.69, 9.17) is 70.7 Å². The quantitative estimate of drug-likeness (QED) is 0.0374. The maximum atomic E-state index is 9.53. The van der Waals surface area contributed by atoms with E-state index in [9.17, 15) is 15.3 Å². The molecule has 0 spiro atoms. The van der Waals surface area contributed by atoms with E-state index in [2.05, 4.69) is 85.8 Å². The first kappa shape index (κ1) is 33.0. The van der Waals surface area contributed by atoms with E-state index in [1.165, 1.54) is 37.6 Å². The Morgan fingerprint density at radius 2 is 1.07 bits per heavy atom. The summed E-state index contributed by atoms with van der Waals surface area (Å²) < 4.78 is 285. The van der Waals surface area contributed by atoms with Crippen molar-refractivity contribution in [3.63, 3.8) is 0 Å². The van der Waals surface area contributed by atoms with Crippen LogP contribution in [0.1, 0.15) is 116 Å². The number of aliphatic hydroxyl groups excluding tert-OH is 1. The number of benzene rings is 4. The Hall–Kier alpha value is -5.04. The molecular weight excluding hydrogens is 1120 g/mol. The molecular formula is C55H89Br3O14. The van der Waals surface area contributed by atoms with Crippen LogP contribution < -0.4 is 18.9 Å². The first-order valence-electron chi connectivity index (χ1n) is 37.1. The average molecular weight is 1250 g/mol. The maximum absolute atomic E-state index is 9.53. The molecule has 0 radical (unpaired) electrons. The van der Waals surface area contributed by atoms with Crippen molar-refractivity contribution in [2.45, 2.75) is 75.3 Å². The molecule has 14 nitrogen and oxygen atoms in total. The Morgan fingerprint density at radius 1 is 0.597 bits per heavy atom. The zero-order chi connectivity index (χ0) is 85.4. The zero-order valence-electron chi connectivity index (χ0n) is 75.1. The summed E-state index contributed by atoms with van der Waals surface area (Å²) in [5, 5.41) is 36.5. The van der Waals surface area contributed by atoms with Crippen LogP contribution in [0, 0.1) is 0 Å². The number of para-hydroxylation sites is 7. The summed E-state index contributed by atoms with van der Waals surface area (Å²) in [6.07, 6.45) is 1.39. The smallest absolute Gasteiger partial charge is 0.167 e. The standard InChI is InChI=1S/3C8H10O2.C7H8O.C6H13BrO2.4C4H8O.C2H6O.Br2/c3*1-2-10-8-6-4-3-5-7(8)9;1-8-7-5-3-2-4-6-7;1-3-8-6(5-7)9-4-2;4*1-3-5-4-2;1-2-3;1-2/h3*3-6,9H,2H2,1H3;2-6H,1H3;6H,3-5H2,1-2H3;4*3H,1,4H2,2H3;3H,2H2,1H3;/i1D3,2D2,3D,4D,5D,6D;3D,4D,5D,6D;1D3,2D2;2D,3D,4D,5D,6D;;1D2,2D3,3D,4D2;3D;1D2;;;. The van der Waals surface area contributed by atoms with Gasteiger partial charge in [0.2, 0.25) is 0 Å². The summed E-state index contributed by atoms with van der Waals surface area (Å²) in [6.45, 7) is 3.42. The molecule has 0 fully saturated rings. The molecule has 0 saturated carbocycles. The molecule has 414 valence electrons. The number of ether oxygens (including phenoxy) is 10. The monoisotopic (exact) mass is 1240 g/mol. The van der Waals surface area contributed by atoms with Gasteiger partial charge in [0.1, 0.15) is 8.49 Å². The van der Waals surface area contributed by atoms with Gasteiger partial charge in [0.15, 0.2) is 40.8 Å². The molecule has 4 rings (SSSR count). The summed E-state index contributed by atoms with van der Waals surface area (Å²) in [4.78, 5) is 0. The van der Waals surface area contributed by atoms with Crippen LogP contribution >= 0.6 is 44.2 Å². The largest absolute Gasteiger partial charge is 0.504 e. The minimum Gasteiger partial charge on any atom is -0.504 e. The third-order valence-electron chi connectivity index (χ3n) is 5.13. The fraction of sp³-hybridized carbons (Fsp3) is 0.418. The number of hydrogen-bond donors (Lipinski definition) is 4. The molecule has 0 bridgehead atoms. The lowest BCUT2D eigenvalue weighted by atomic mass is 10.3. The molecule has 4 N–H and O–H groups in total. The van der Waals surface area contributed by atoms with Crippen molar-refractivity contribution >= 4 is 44.2 Å². The number of rotatable bonds is 20. The number of phenolic OH excluding ortho intramolecular Hbond substituents is 3. The lowest BCUT2D eigenvalue weighted by Gasteiger charge is -2.12. The second-order valence-electron chi connectivity index (χ2n) is 9.71. The Morgan fingerprint density at radius 3 is 1.43 bits per heavy atom. The third kappa shape index (κ3) is 67.0. The molecule has 0 aliphatic rings. The van der Waals surface area contributed by atoms with Gasteiger partial charge < -0.3 is 67.8 Å². The Balaban J connectivity index is -0.000000211. The van der Waals surface area contributed by atoms with Crippen molar-refractivity contribution in [3.8, 4) is 40.2 Å². The van der Waals surface area contributed by atoms with Gasteiger partial charge in [-0.15, -0.1) is 0 Å². The van der Waals surface area contributed by atoms with E-state index in [-0.39, 0.29) is 85.5 Å². The highest BCUT2D eigenvalue weighted by atomic mass is 80.9. The lowest BCUT2D eigenvalue weighted by Crippen LogP contribution is -2.18. The van der Waals surface area contributed by atoms with E-state index in [0.717, 1.165) is 18.2 Å². The molecule has 0 saturated heterocycles. The van der Waals surface area contributed by atoms with Crippen molar-refractivity contribution in [2.75, 3.05) is 78.4 Å². The van der Waals surface area contributed by atoms with Crippen LogP contribution in [0.5, 0.6) is 40.2 Å². The van der Waals surface area contributed by atoms with E-state index >= 15 is 0 Å². The van der Waals surface area contributed by atoms with Gasteiger partial charge in [-0.25, -0.2) is 0 Å². The van der Waals surface area contributed by atoms with Gasteiger partial charge in [0.25, 0.3) is 0 Å². The predicted octanol–water partition coefficient (Wildman–Crippen LogP) is 15.2. The van der Waals surface area contributed by atoms with Crippen LogP contribution in [0.2, 0.25) is 0 Å². The minimum absolute atomic E-state index is 0.0394. The van der Waals surface area contributed by atoms with E-state index in [1.54, 1.807) is 20.8 Å². The molecule has 72 heavy (non-hydrogen) atoms. The molecule has 0 atom stereocenters. The van der Waals surface area contributed by atoms with Crippen molar-refractivity contribution in [3.05, 3.63) is 154 Å². The van der Waals surface area contributed by atoms with Gasteiger partial charge in [0.05, 0.1) is 115 Å². The second kappa shape index (κ2) is 74.9. The highest BCUT2D eigenvalue weighted by Gasteiger charge is 2.03. The van der Waals surface area contributed by atoms with Crippen molar-refractivity contribution in [2.24, 2.45) is 0 Å². The summed E-state index contributed by atoms with van der Waals surface area (Å²) >= 11 is 8.77. The Kier molecular flexibility index (Phi) is 34.3. The first-order chi connectivity index (χ1) is 48.4. The molecule has 17 heteroatoms. The number of methoxy groups -OCH3 is 1. The lowest BCUT2D eigenvalue weighted by molar-refractivity contribution is -0.119. The predicted molar refractivity (Wildman–Crippen MR) is 310 cm³/mol. The molecule has 0 unspecified atom stereocenters. The number of alkyl halides is 1. The summed E-state index contributed by atoms with van der Waals surface area (Å²) in [5.74, 6) is -3.34. The van der Waals surface area contributed by atoms with Crippen molar-refractivity contribution < 1.29 is 114 Å². The SMILES string of the molecule is BrBr.C=COCC.CCO.CCOC(CBr)OCC.[2H]C(=C)OCC.[2H]C([2H])([2H])C([2H])([2H])Oc1ccccc1O.[2H]C([2H])=C([2H])OC([2H])([2H])C([2H])([2H])[2H].[2H]C([2H])=COCC.[2H]c1c([2H])c([2H])c(OC([2H])([2H])C([2H])([2H])[2H])c(O)c1[2H].[2H]c1c([2H])c([2H])c(OC)c([2H])c1[2H].[2H]c1c([2H])c([2H])c(OCC)c(O)c1[2H]. The van der Waals surface area contributed by atoms with Crippen LogP contribution in [-0.2, 0) is 28.4 Å². The fourth-order valence-electron chi connectivity index (χ4n) is 2.74. The molecule has 0 aromatic heterocycles. The van der Waals surface area contributed by atoms with Gasteiger partial charge in [-0.1, -0.05) is 96.6 Å². The third-order valence-corrected chi connectivity index (χ3v) is 5.66. The molecule has 4 aromatic carbocycles. The summed E-state index contributed by atoms with van der Waals surface area (Å²) in [7, 11) is 1.27. The molecule has 0 aliphatic carbocycles. The number of hydrogen-bond acceptors (Lipinski definition) is 14. The molecule has 0 heterocycles. The first-order valence-corrected chi connectivity index (χ1v) is 24.9. The number of halogens is 3. The van der Waals surface area contributed by atoms with E-state index in [0.29, 0.717) is 26.4 Å². The minimum atomic E-state index is -3.21. The van der Waals surface area contributed by atoms with Gasteiger partial charge in [-0.3, -0.25) is 0 Å². The molecule has 0 amide bonds. The number of aliphatic hydroxyl groups is 1. The highest BCUT2D eigenvalue weighted by molar-refractivity contribution is 9.93.